The summed E-state index contributed by atoms with van der Waals surface area (Å²) < 4.78 is 0. The number of hydrogen-bond acceptors (Lipinski definition) is 0. The van der Waals surface area contributed by atoms with E-state index in [0.717, 1.165) is 0 Å². The van der Waals surface area contributed by atoms with E-state index in [0.29, 0.717) is 0 Å². The van der Waals surface area contributed by atoms with Gasteiger partial charge < -0.3 is 0 Å². The molecule has 0 saturated carbocycles. The maximum absolute atomic E-state index is 2.31. The maximum Gasteiger partial charge on any atom is 2.00 e. The van der Waals surface area contributed by atoms with E-state index in [1.807, 2.05) is 0 Å². The van der Waals surface area contributed by atoms with Crippen molar-refractivity contribution >= 4 is 21.5 Å². The number of aryl methyl sites for hydroxylation is 4. The van der Waals surface area contributed by atoms with Gasteiger partial charge in [-0.15, -0.1) is 68.1 Å². The zero-order valence-electron chi connectivity index (χ0n) is 21.1. The monoisotopic (exact) mass is 488 g/mol. The first-order valence-electron chi connectivity index (χ1n) is 11.1. The van der Waals surface area contributed by atoms with Crippen LogP contribution in [-0.2, 0) is 37.0 Å². The molecule has 0 spiro atoms. The number of fused-ring (bicyclic) bond motifs is 2. The Morgan fingerprint density at radius 2 is 0.871 bits per heavy atom. The fraction of sp³-hybridized carbons (Fsp3) is 0.400. The van der Waals surface area contributed by atoms with Crippen molar-refractivity contribution in [1.82, 2.24) is 0 Å². The molecule has 0 fully saturated rings. The largest absolute Gasteiger partial charge is 2.00 e. The van der Waals surface area contributed by atoms with Gasteiger partial charge in [0.15, 0.2) is 0 Å². The molecule has 4 aromatic rings. The minimum atomic E-state index is 0. The van der Waals surface area contributed by atoms with Crippen molar-refractivity contribution < 1.29 is 26.2 Å². The summed E-state index contributed by atoms with van der Waals surface area (Å²) in [5.74, 6) is 0. The minimum absolute atomic E-state index is 0. The van der Waals surface area contributed by atoms with E-state index in [2.05, 4.69) is 118 Å². The molecule has 0 aromatic heterocycles. The van der Waals surface area contributed by atoms with E-state index < -0.39 is 0 Å². The Hall–Kier alpha value is -1.46. The molecule has 0 aliphatic carbocycles. The third-order valence-electron chi connectivity index (χ3n) is 6.11. The minimum Gasteiger partial charge on any atom is -0.165 e. The van der Waals surface area contributed by atoms with Gasteiger partial charge in [0.2, 0.25) is 0 Å². The van der Waals surface area contributed by atoms with Crippen LogP contribution in [0.5, 0.6) is 0 Å². The summed E-state index contributed by atoms with van der Waals surface area (Å²) in [7, 11) is 0. The molecule has 0 amide bonds. The van der Waals surface area contributed by atoms with Gasteiger partial charge in [-0.2, -0.15) is 12.1 Å². The van der Waals surface area contributed by atoms with Crippen LogP contribution in [0.15, 0.2) is 48.5 Å². The van der Waals surface area contributed by atoms with Gasteiger partial charge in [-0.1, -0.05) is 92.5 Å². The van der Waals surface area contributed by atoms with Gasteiger partial charge in [0, 0.05) is 0 Å². The van der Waals surface area contributed by atoms with E-state index >= 15 is 0 Å². The molecule has 0 unspecified atom stereocenters. The molecular weight excluding hydrogens is 452 g/mol. The van der Waals surface area contributed by atoms with Crippen LogP contribution in [0, 0.1) is 27.7 Å². The predicted molar refractivity (Wildman–Crippen MR) is 135 cm³/mol. The summed E-state index contributed by atoms with van der Waals surface area (Å²) in [4.78, 5) is 0. The molecular formula is C30H38Zr. The summed E-state index contributed by atoms with van der Waals surface area (Å²) in [6, 6.07) is 18.2. The zero-order valence-corrected chi connectivity index (χ0v) is 23.6. The van der Waals surface area contributed by atoms with Crippen LogP contribution in [0.3, 0.4) is 0 Å². The molecule has 0 nitrogen and oxygen atoms in total. The van der Waals surface area contributed by atoms with Crippen molar-refractivity contribution in [3.63, 3.8) is 0 Å². The first kappa shape index (κ1) is 25.8. The van der Waals surface area contributed by atoms with Crippen molar-refractivity contribution in [3.05, 3.63) is 81.9 Å². The van der Waals surface area contributed by atoms with Gasteiger partial charge in [0.25, 0.3) is 0 Å². The van der Waals surface area contributed by atoms with Crippen molar-refractivity contribution in [1.29, 1.82) is 0 Å². The van der Waals surface area contributed by atoms with Gasteiger partial charge in [-0.3, -0.25) is 0 Å². The smallest absolute Gasteiger partial charge is 0.165 e. The Balaban J connectivity index is 0.000000213. The van der Waals surface area contributed by atoms with Gasteiger partial charge in [0.1, 0.15) is 0 Å². The number of rotatable bonds is 0. The first-order chi connectivity index (χ1) is 13.8. The molecule has 4 rings (SSSR count). The van der Waals surface area contributed by atoms with Crippen LogP contribution < -0.4 is 0 Å². The summed E-state index contributed by atoms with van der Waals surface area (Å²) in [6.07, 6.45) is 0. The molecule has 0 radical (unpaired) electrons. The Morgan fingerprint density at radius 1 is 0.548 bits per heavy atom. The van der Waals surface area contributed by atoms with Crippen LogP contribution >= 0.6 is 0 Å². The summed E-state index contributed by atoms with van der Waals surface area (Å²) in [5, 5.41) is 5.69. The van der Waals surface area contributed by atoms with E-state index in [1.165, 1.54) is 54.9 Å². The van der Waals surface area contributed by atoms with Crippen molar-refractivity contribution in [3.8, 4) is 0 Å². The molecule has 0 aliphatic rings. The molecule has 0 atom stereocenters. The topological polar surface area (TPSA) is 0 Å². The summed E-state index contributed by atoms with van der Waals surface area (Å²) in [5.41, 5.74) is 8.86. The maximum atomic E-state index is 2.31. The second kappa shape index (κ2) is 9.19. The first-order valence-corrected chi connectivity index (χ1v) is 11.1. The molecule has 0 saturated heterocycles. The van der Waals surface area contributed by atoms with Gasteiger partial charge in [-0.25, -0.2) is 0 Å². The predicted octanol–water partition coefficient (Wildman–Crippen LogP) is 8.94. The van der Waals surface area contributed by atoms with Crippen LogP contribution in [0.1, 0.15) is 74.9 Å². The van der Waals surface area contributed by atoms with E-state index in [9.17, 15) is 0 Å². The fourth-order valence-corrected chi connectivity index (χ4v) is 4.49. The standard InChI is InChI=1S/2C15H19.Zr/c2*1-10-8-12-11(2)6-7-14(13(12)9-10)15(3,4)5;/h2*6-9H,1-5H3;/q2*-1;+2. The summed E-state index contributed by atoms with van der Waals surface area (Å²) >= 11 is 0. The second-order valence-electron chi connectivity index (χ2n) is 11.1. The number of benzene rings is 2. The molecule has 31 heavy (non-hydrogen) atoms. The Bertz CT molecular complexity index is 1090. The van der Waals surface area contributed by atoms with Gasteiger partial charge >= 0.3 is 26.2 Å². The zero-order chi connectivity index (χ0) is 22.4. The van der Waals surface area contributed by atoms with Crippen LogP contribution in [0.4, 0.5) is 0 Å². The fourth-order valence-electron chi connectivity index (χ4n) is 4.49. The van der Waals surface area contributed by atoms with Crippen LogP contribution in [-0.4, -0.2) is 0 Å². The average molecular weight is 490 g/mol. The van der Waals surface area contributed by atoms with Gasteiger partial charge in [-0.05, 0) is 10.8 Å². The number of hydrogen-bond donors (Lipinski definition) is 0. The molecule has 0 N–H and O–H groups in total. The average Bonchev–Trinajstić information content (AvgIpc) is 3.17. The molecule has 0 bridgehead atoms. The molecule has 0 aliphatic heterocycles. The molecule has 1 heteroatoms. The van der Waals surface area contributed by atoms with E-state index in [-0.39, 0.29) is 37.0 Å². The Morgan fingerprint density at radius 3 is 1.16 bits per heavy atom. The molecule has 0 heterocycles. The second-order valence-corrected chi connectivity index (χ2v) is 11.1. The quantitative estimate of drug-likeness (QED) is 0.216. The summed E-state index contributed by atoms with van der Waals surface area (Å²) in [6.45, 7) is 22.4. The molecule has 4 aromatic carbocycles. The SMILES string of the molecule is Cc1cc2c(C(C)(C)C)ccc(C)c2[cH-]1.Cc1cc2c(C(C)(C)C)ccc(C)c2[cH-]1.[Zr+2]. The van der Waals surface area contributed by atoms with Gasteiger partial charge in [0.05, 0.1) is 0 Å². The Labute approximate surface area is 208 Å². The van der Waals surface area contributed by atoms with Crippen molar-refractivity contribution in [2.45, 2.75) is 80.1 Å². The third kappa shape index (κ3) is 5.49. The van der Waals surface area contributed by atoms with Crippen molar-refractivity contribution in [2.24, 2.45) is 0 Å². The van der Waals surface area contributed by atoms with Crippen LogP contribution in [0.2, 0.25) is 0 Å². The molecule has 162 valence electrons. The Kier molecular flexibility index (Phi) is 7.65. The normalized spacial score (nSPS) is 11.9. The third-order valence-corrected chi connectivity index (χ3v) is 6.11. The van der Waals surface area contributed by atoms with E-state index in [4.69, 9.17) is 0 Å². The van der Waals surface area contributed by atoms with Crippen molar-refractivity contribution in [2.75, 3.05) is 0 Å². The van der Waals surface area contributed by atoms with E-state index in [1.54, 1.807) is 0 Å². The van der Waals surface area contributed by atoms with Crippen LogP contribution in [0.25, 0.3) is 21.5 Å².